The normalized spacial score (nSPS) is 29.8. The molecule has 1 aromatic rings. The van der Waals surface area contributed by atoms with Gasteiger partial charge in [0.05, 0.1) is 6.33 Å². The van der Waals surface area contributed by atoms with E-state index in [1.165, 1.54) is 44.3 Å². The Balaban J connectivity index is 1.70. The number of hydrogen-bond donors (Lipinski definition) is 1. The lowest BCUT2D eigenvalue weighted by molar-refractivity contribution is 0.349. The van der Waals surface area contributed by atoms with Crippen LogP contribution in [0.25, 0.3) is 0 Å². The Morgan fingerprint density at radius 1 is 1.28 bits per heavy atom. The van der Waals surface area contributed by atoms with Crippen LogP contribution < -0.4 is 5.32 Å². The van der Waals surface area contributed by atoms with Crippen LogP contribution in [-0.4, -0.2) is 22.6 Å². The van der Waals surface area contributed by atoms with Crippen molar-refractivity contribution in [1.29, 1.82) is 0 Å². The van der Waals surface area contributed by atoms with E-state index in [0.29, 0.717) is 0 Å². The van der Waals surface area contributed by atoms with Crippen molar-refractivity contribution in [1.82, 2.24) is 14.9 Å². The van der Waals surface area contributed by atoms with Crippen LogP contribution in [0.4, 0.5) is 0 Å². The van der Waals surface area contributed by atoms with Gasteiger partial charge in [-0.2, -0.15) is 0 Å². The van der Waals surface area contributed by atoms with Crippen molar-refractivity contribution in [2.45, 2.75) is 51.5 Å². The fraction of sp³-hybridized carbons (Fsp3) is 0.800. The maximum absolute atomic E-state index is 4.41. The van der Waals surface area contributed by atoms with Crippen molar-refractivity contribution < 1.29 is 0 Å². The van der Waals surface area contributed by atoms with Crippen LogP contribution in [0.3, 0.4) is 0 Å². The van der Waals surface area contributed by atoms with Crippen molar-refractivity contribution in [2.24, 2.45) is 11.8 Å². The number of rotatable bonds is 3. The van der Waals surface area contributed by atoms with Gasteiger partial charge in [-0.25, -0.2) is 4.98 Å². The highest BCUT2D eigenvalue weighted by Gasteiger charge is 2.25. The second-order valence-corrected chi connectivity index (χ2v) is 6.16. The predicted octanol–water partition coefficient (Wildman–Crippen LogP) is 2.79. The Hall–Kier alpha value is -0.830. The quantitative estimate of drug-likeness (QED) is 0.890. The van der Waals surface area contributed by atoms with Crippen LogP contribution in [-0.2, 0) is 6.54 Å². The summed E-state index contributed by atoms with van der Waals surface area (Å²) >= 11 is 0. The topological polar surface area (TPSA) is 29.9 Å². The molecule has 1 N–H and O–H groups in total. The molecule has 18 heavy (non-hydrogen) atoms. The molecule has 1 saturated heterocycles. The molecule has 1 aromatic heterocycles. The summed E-state index contributed by atoms with van der Waals surface area (Å²) in [6.45, 7) is 5.94. The van der Waals surface area contributed by atoms with Crippen molar-refractivity contribution in [3.05, 3.63) is 18.2 Å². The second-order valence-electron chi connectivity index (χ2n) is 6.16. The minimum atomic E-state index is 0.727. The van der Waals surface area contributed by atoms with Gasteiger partial charge in [0.25, 0.3) is 0 Å². The van der Waals surface area contributed by atoms with Gasteiger partial charge in [-0.15, -0.1) is 0 Å². The minimum absolute atomic E-state index is 0.727. The first-order valence-corrected chi connectivity index (χ1v) is 7.55. The zero-order valence-electron chi connectivity index (χ0n) is 11.4. The lowest BCUT2D eigenvalue weighted by Gasteiger charge is -2.25. The van der Waals surface area contributed by atoms with Crippen LogP contribution >= 0.6 is 0 Å². The molecule has 0 amide bonds. The molecule has 0 aromatic carbocycles. The van der Waals surface area contributed by atoms with E-state index in [2.05, 4.69) is 34.3 Å². The van der Waals surface area contributed by atoms with E-state index in [1.807, 2.05) is 0 Å². The fourth-order valence-electron chi connectivity index (χ4n) is 3.69. The van der Waals surface area contributed by atoms with Crippen molar-refractivity contribution >= 4 is 0 Å². The highest BCUT2D eigenvalue weighted by Crippen LogP contribution is 2.33. The molecule has 0 bridgehead atoms. The van der Waals surface area contributed by atoms with E-state index in [1.54, 1.807) is 0 Å². The number of hydrogen-bond acceptors (Lipinski definition) is 2. The summed E-state index contributed by atoms with van der Waals surface area (Å²) in [6.07, 6.45) is 11.0. The summed E-state index contributed by atoms with van der Waals surface area (Å²) < 4.78 is 2.45. The Labute approximate surface area is 110 Å². The molecular weight excluding hydrogens is 222 g/mol. The minimum Gasteiger partial charge on any atom is -0.334 e. The predicted molar refractivity (Wildman–Crippen MR) is 73.6 cm³/mol. The smallest absolute Gasteiger partial charge is 0.0948 e. The molecule has 0 spiro atoms. The van der Waals surface area contributed by atoms with Gasteiger partial charge in [0.1, 0.15) is 0 Å². The molecule has 100 valence electrons. The maximum atomic E-state index is 4.41. The summed E-state index contributed by atoms with van der Waals surface area (Å²) in [6, 6.07) is 0. The van der Waals surface area contributed by atoms with Gasteiger partial charge in [-0.1, -0.05) is 19.8 Å². The van der Waals surface area contributed by atoms with Crippen LogP contribution in [0.5, 0.6) is 0 Å². The van der Waals surface area contributed by atoms with E-state index in [9.17, 15) is 0 Å². The van der Waals surface area contributed by atoms with E-state index < -0.39 is 0 Å². The van der Waals surface area contributed by atoms with Gasteiger partial charge in [0.15, 0.2) is 0 Å². The van der Waals surface area contributed by atoms with Crippen LogP contribution in [0.1, 0.15) is 50.6 Å². The monoisotopic (exact) mass is 247 g/mol. The Morgan fingerprint density at radius 3 is 2.83 bits per heavy atom. The maximum Gasteiger partial charge on any atom is 0.0948 e. The molecule has 2 heterocycles. The third kappa shape index (κ3) is 2.46. The van der Waals surface area contributed by atoms with E-state index >= 15 is 0 Å². The van der Waals surface area contributed by atoms with Gasteiger partial charge in [0, 0.05) is 24.4 Å². The fourth-order valence-corrected chi connectivity index (χ4v) is 3.69. The number of nitrogens with zero attached hydrogens (tertiary/aromatic N) is 2. The van der Waals surface area contributed by atoms with E-state index in [-0.39, 0.29) is 0 Å². The SMILES string of the molecule is CC1CCCC1Cn1cncc1C1CCNCC1. The molecule has 2 aliphatic rings. The van der Waals surface area contributed by atoms with Crippen LogP contribution in [0, 0.1) is 11.8 Å². The van der Waals surface area contributed by atoms with Gasteiger partial charge in [-0.05, 0) is 44.2 Å². The van der Waals surface area contributed by atoms with Crippen LogP contribution in [0.2, 0.25) is 0 Å². The molecule has 2 fully saturated rings. The van der Waals surface area contributed by atoms with Gasteiger partial charge >= 0.3 is 0 Å². The molecule has 1 aliphatic carbocycles. The molecule has 3 nitrogen and oxygen atoms in total. The second kappa shape index (κ2) is 5.43. The molecule has 3 rings (SSSR count). The number of nitrogens with one attached hydrogen (secondary N) is 1. The van der Waals surface area contributed by atoms with Crippen molar-refractivity contribution in [2.75, 3.05) is 13.1 Å². The lowest BCUT2D eigenvalue weighted by atomic mass is 9.94. The van der Waals surface area contributed by atoms with E-state index in [4.69, 9.17) is 0 Å². The lowest BCUT2D eigenvalue weighted by Crippen LogP contribution is -2.28. The first kappa shape index (κ1) is 12.2. The first-order valence-electron chi connectivity index (χ1n) is 7.55. The molecule has 1 saturated carbocycles. The summed E-state index contributed by atoms with van der Waals surface area (Å²) in [5, 5.41) is 3.45. The third-order valence-corrected chi connectivity index (χ3v) is 4.97. The molecule has 0 radical (unpaired) electrons. The molecule has 1 aliphatic heterocycles. The summed E-state index contributed by atoms with van der Waals surface area (Å²) in [4.78, 5) is 4.41. The average molecular weight is 247 g/mol. The Kier molecular flexibility index (Phi) is 3.69. The number of piperidine rings is 1. The highest BCUT2D eigenvalue weighted by atomic mass is 15.1. The molecule has 3 heteroatoms. The first-order chi connectivity index (χ1) is 8.84. The highest BCUT2D eigenvalue weighted by molar-refractivity contribution is 5.08. The largest absolute Gasteiger partial charge is 0.334 e. The zero-order valence-corrected chi connectivity index (χ0v) is 11.4. The number of aromatic nitrogens is 2. The zero-order chi connectivity index (χ0) is 12.4. The summed E-state index contributed by atoms with van der Waals surface area (Å²) in [5.74, 6) is 2.50. The standard InChI is InChI=1S/C15H25N3/c1-12-3-2-4-14(12)10-18-11-17-9-15(18)13-5-7-16-8-6-13/h9,11-14,16H,2-8,10H2,1H3. The summed E-state index contributed by atoms with van der Waals surface area (Å²) in [5.41, 5.74) is 1.48. The number of imidazole rings is 1. The average Bonchev–Trinajstić information content (AvgIpc) is 3.01. The van der Waals surface area contributed by atoms with Crippen molar-refractivity contribution in [3.8, 4) is 0 Å². The Morgan fingerprint density at radius 2 is 2.11 bits per heavy atom. The van der Waals surface area contributed by atoms with Crippen molar-refractivity contribution in [3.63, 3.8) is 0 Å². The van der Waals surface area contributed by atoms with Gasteiger partial charge in [0.2, 0.25) is 0 Å². The van der Waals surface area contributed by atoms with E-state index in [0.717, 1.165) is 30.8 Å². The molecule has 2 atom stereocenters. The summed E-state index contributed by atoms with van der Waals surface area (Å²) in [7, 11) is 0. The third-order valence-electron chi connectivity index (χ3n) is 4.97. The molecule has 2 unspecified atom stereocenters. The van der Waals surface area contributed by atoms with Crippen LogP contribution in [0.15, 0.2) is 12.5 Å². The van der Waals surface area contributed by atoms with Gasteiger partial charge < -0.3 is 9.88 Å². The molecular formula is C15H25N3. The Bertz CT molecular complexity index is 379. The van der Waals surface area contributed by atoms with Gasteiger partial charge in [-0.3, -0.25) is 0 Å².